The van der Waals surface area contributed by atoms with E-state index in [4.69, 9.17) is 4.74 Å². The summed E-state index contributed by atoms with van der Waals surface area (Å²) in [5.74, 6) is 1.34. The predicted octanol–water partition coefficient (Wildman–Crippen LogP) is 1.76. The summed E-state index contributed by atoms with van der Waals surface area (Å²) in [6, 6.07) is 7.40. The second kappa shape index (κ2) is 6.56. The summed E-state index contributed by atoms with van der Waals surface area (Å²) in [4.78, 5) is 0. The van der Waals surface area contributed by atoms with E-state index in [1.54, 1.807) is 7.11 Å². The molecule has 0 bridgehead atoms. The Balaban J connectivity index is 1.95. The first-order valence-corrected chi connectivity index (χ1v) is 8.33. The second-order valence-electron chi connectivity index (χ2n) is 5.26. The standard InChI is InChI=1S/C14H22N2O3S/c1-12-6-8-16(9-7-12)20(17,18)15-11-13-4-3-5-14(10-13)19-2/h3-5,10,12,15H,6-9,11H2,1-2H3. The lowest BCUT2D eigenvalue weighted by Gasteiger charge is -2.29. The van der Waals surface area contributed by atoms with Gasteiger partial charge in [-0.15, -0.1) is 0 Å². The van der Waals surface area contributed by atoms with Gasteiger partial charge < -0.3 is 4.74 Å². The first kappa shape index (κ1) is 15.3. The van der Waals surface area contributed by atoms with Crippen LogP contribution in [0.1, 0.15) is 25.3 Å². The molecule has 0 unspecified atom stereocenters. The van der Waals surface area contributed by atoms with Gasteiger partial charge >= 0.3 is 0 Å². The highest BCUT2D eigenvalue weighted by Gasteiger charge is 2.25. The Hall–Kier alpha value is -1.11. The molecule has 112 valence electrons. The van der Waals surface area contributed by atoms with Crippen LogP contribution in [0.15, 0.2) is 24.3 Å². The molecule has 1 aliphatic rings. The average molecular weight is 298 g/mol. The molecule has 20 heavy (non-hydrogen) atoms. The third kappa shape index (κ3) is 3.94. The minimum atomic E-state index is -3.38. The molecular formula is C14H22N2O3S. The van der Waals surface area contributed by atoms with Crippen molar-refractivity contribution in [2.45, 2.75) is 26.3 Å². The van der Waals surface area contributed by atoms with Crippen LogP contribution in [-0.2, 0) is 16.8 Å². The zero-order chi connectivity index (χ0) is 14.6. The summed E-state index contributed by atoms with van der Waals surface area (Å²) >= 11 is 0. The highest BCUT2D eigenvalue weighted by Crippen LogP contribution is 2.18. The van der Waals surface area contributed by atoms with E-state index in [2.05, 4.69) is 11.6 Å². The lowest BCUT2D eigenvalue weighted by atomic mass is 10.0. The summed E-state index contributed by atoms with van der Waals surface area (Å²) in [7, 11) is -1.79. The minimum Gasteiger partial charge on any atom is -0.497 e. The Morgan fingerprint density at radius 3 is 2.70 bits per heavy atom. The van der Waals surface area contributed by atoms with Crippen LogP contribution in [0, 0.1) is 5.92 Å². The maximum atomic E-state index is 12.2. The fraction of sp³-hybridized carbons (Fsp3) is 0.571. The summed E-state index contributed by atoms with van der Waals surface area (Å²) in [6.45, 7) is 3.66. The number of piperidine rings is 1. The Labute approximate surface area is 121 Å². The Morgan fingerprint density at radius 2 is 2.05 bits per heavy atom. The van der Waals surface area contributed by atoms with Gasteiger partial charge in [0.15, 0.2) is 0 Å². The Bertz CT molecular complexity index is 537. The molecule has 1 aliphatic heterocycles. The first-order chi connectivity index (χ1) is 9.51. The molecule has 0 spiro atoms. The van der Waals surface area contributed by atoms with Gasteiger partial charge in [-0.2, -0.15) is 17.4 Å². The molecule has 1 aromatic rings. The quantitative estimate of drug-likeness (QED) is 0.901. The molecule has 1 saturated heterocycles. The second-order valence-corrected chi connectivity index (χ2v) is 7.01. The maximum Gasteiger partial charge on any atom is 0.279 e. The van der Waals surface area contributed by atoms with Crippen LogP contribution >= 0.6 is 0 Å². The van der Waals surface area contributed by atoms with E-state index in [9.17, 15) is 8.42 Å². The molecule has 0 aromatic heterocycles. The van der Waals surface area contributed by atoms with E-state index in [0.717, 1.165) is 24.2 Å². The molecule has 0 radical (unpaired) electrons. The van der Waals surface area contributed by atoms with Gasteiger partial charge in [-0.25, -0.2) is 0 Å². The van der Waals surface area contributed by atoms with Crippen LogP contribution in [0.4, 0.5) is 0 Å². The normalized spacial score (nSPS) is 18.1. The first-order valence-electron chi connectivity index (χ1n) is 6.89. The molecule has 0 saturated carbocycles. The lowest BCUT2D eigenvalue weighted by molar-refractivity contribution is 0.285. The monoisotopic (exact) mass is 298 g/mol. The summed E-state index contributed by atoms with van der Waals surface area (Å²) in [5.41, 5.74) is 0.887. The number of ether oxygens (including phenoxy) is 1. The fourth-order valence-electron chi connectivity index (χ4n) is 2.27. The van der Waals surface area contributed by atoms with Gasteiger partial charge in [0.25, 0.3) is 10.2 Å². The van der Waals surface area contributed by atoms with Crippen molar-refractivity contribution < 1.29 is 13.2 Å². The van der Waals surface area contributed by atoms with Crippen LogP contribution in [0.5, 0.6) is 5.75 Å². The van der Waals surface area contributed by atoms with Crippen molar-refractivity contribution in [3.8, 4) is 5.75 Å². The van der Waals surface area contributed by atoms with Crippen LogP contribution in [0.3, 0.4) is 0 Å². The largest absolute Gasteiger partial charge is 0.497 e. The van der Waals surface area contributed by atoms with Crippen LogP contribution in [0.2, 0.25) is 0 Å². The van der Waals surface area contributed by atoms with Crippen LogP contribution in [-0.4, -0.2) is 32.9 Å². The predicted molar refractivity (Wildman–Crippen MR) is 78.7 cm³/mol. The number of hydrogen-bond donors (Lipinski definition) is 1. The summed E-state index contributed by atoms with van der Waals surface area (Å²) in [6.07, 6.45) is 1.86. The molecule has 5 nitrogen and oxygen atoms in total. The minimum absolute atomic E-state index is 0.283. The van der Waals surface area contributed by atoms with E-state index in [1.165, 1.54) is 4.31 Å². The van der Waals surface area contributed by atoms with Gasteiger partial charge in [-0.3, -0.25) is 0 Å². The van der Waals surface area contributed by atoms with E-state index in [1.807, 2.05) is 24.3 Å². The number of rotatable bonds is 5. The van der Waals surface area contributed by atoms with Crippen molar-refractivity contribution in [2.75, 3.05) is 20.2 Å². The van der Waals surface area contributed by atoms with E-state index in [-0.39, 0.29) is 6.54 Å². The summed E-state index contributed by atoms with van der Waals surface area (Å²) < 4.78 is 33.7. The lowest BCUT2D eigenvalue weighted by Crippen LogP contribution is -2.44. The number of hydrogen-bond acceptors (Lipinski definition) is 3. The summed E-state index contributed by atoms with van der Waals surface area (Å²) in [5, 5.41) is 0. The fourth-order valence-corrected chi connectivity index (χ4v) is 3.50. The topological polar surface area (TPSA) is 58.6 Å². The molecule has 0 aliphatic carbocycles. The van der Waals surface area contributed by atoms with Gasteiger partial charge in [0.2, 0.25) is 0 Å². The third-order valence-corrected chi connectivity index (χ3v) is 5.23. The highest BCUT2D eigenvalue weighted by molar-refractivity contribution is 7.87. The van der Waals surface area contributed by atoms with Gasteiger partial charge in [0.05, 0.1) is 7.11 Å². The Kier molecular flexibility index (Phi) is 5.01. The Morgan fingerprint density at radius 1 is 1.35 bits per heavy atom. The molecule has 0 atom stereocenters. The highest BCUT2D eigenvalue weighted by atomic mass is 32.2. The maximum absolute atomic E-state index is 12.2. The molecule has 1 fully saturated rings. The molecular weight excluding hydrogens is 276 g/mol. The van der Waals surface area contributed by atoms with Crippen LogP contribution < -0.4 is 9.46 Å². The average Bonchev–Trinajstić information content (AvgIpc) is 2.46. The van der Waals surface area contributed by atoms with Crippen molar-refractivity contribution in [1.29, 1.82) is 0 Å². The molecule has 2 rings (SSSR count). The smallest absolute Gasteiger partial charge is 0.279 e. The van der Waals surface area contributed by atoms with Gasteiger partial charge in [-0.1, -0.05) is 19.1 Å². The molecule has 6 heteroatoms. The number of nitrogens with zero attached hydrogens (tertiary/aromatic N) is 1. The van der Waals surface area contributed by atoms with Crippen molar-refractivity contribution in [3.05, 3.63) is 29.8 Å². The molecule has 0 amide bonds. The van der Waals surface area contributed by atoms with Crippen molar-refractivity contribution in [2.24, 2.45) is 5.92 Å². The molecule has 1 aromatic carbocycles. The SMILES string of the molecule is COc1cccc(CNS(=O)(=O)N2CCC(C)CC2)c1. The number of nitrogens with one attached hydrogen (secondary N) is 1. The molecule has 1 N–H and O–H groups in total. The zero-order valence-corrected chi connectivity index (χ0v) is 12.8. The molecule has 1 heterocycles. The third-order valence-electron chi connectivity index (χ3n) is 3.68. The van der Waals surface area contributed by atoms with Gasteiger partial charge in [0, 0.05) is 19.6 Å². The number of methoxy groups -OCH3 is 1. The zero-order valence-electron chi connectivity index (χ0n) is 12.0. The van der Waals surface area contributed by atoms with Crippen molar-refractivity contribution in [1.82, 2.24) is 9.03 Å². The van der Waals surface area contributed by atoms with E-state index < -0.39 is 10.2 Å². The number of benzene rings is 1. The van der Waals surface area contributed by atoms with E-state index in [0.29, 0.717) is 19.0 Å². The van der Waals surface area contributed by atoms with Gasteiger partial charge in [0.1, 0.15) is 5.75 Å². The van der Waals surface area contributed by atoms with Crippen LogP contribution in [0.25, 0.3) is 0 Å². The van der Waals surface area contributed by atoms with Crippen molar-refractivity contribution in [3.63, 3.8) is 0 Å². The van der Waals surface area contributed by atoms with E-state index >= 15 is 0 Å². The van der Waals surface area contributed by atoms with Crippen molar-refractivity contribution >= 4 is 10.2 Å². The van der Waals surface area contributed by atoms with Gasteiger partial charge in [-0.05, 0) is 36.5 Å².